The smallest absolute Gasteiger partial charge is 0.139 e. The first-order valence-corrected chi connectivity index (χ1v) is 5.26. The van der Waals surface area contributed by atoms with Gasteiger partial charge in [-0.15, -0.1) is 0 Å². The summed E-state index contributed by atoms with van der Waals surface area (Å²) in [5.41, 5.74) is 2.88. The molecule has 78 valence electrons. The number of halogens is 1. The molecular formula is C12H8ClN3. The maximum Gasteiger partial charge on any atom is 0.139 e. The lowest BCUT2D eigenvalue weighted by atomic mass is 10.2. The van der Waals surface area contributed by atoms with E-state index in [0.29, 0.717) is 5.02 Å². The van der Waals surface area contributed by atoms with Crippen LogP contribution in [0.25, 0.3) is 22.3 Å². The van der Waals surface area contributed by atoms with E-state index in [-0.39, 0.29) is 0 Å². The second-order valence-corrected chi connectivity index (χ2v) is 3.88. The molecule has 0 aromatic carbocycles. The fourth-order valence-electron chi connectivity index (χ4n) is 1.68. The number of hydrogen-bond acceptors (Lipinski definition) is 2. The SMILES string of the molecule is Clc1ccnc2[nH]c(-c3ccncc3)cc12. The summed E-state index contributed by atoms with van der Waals surface area (Å²) in [5, 5.41) is 1.65. The molecule has 0 saturated carbocycles. The van der Waals surface area contributed by atoms with Gasteiger partial charge in [0.1, 0.15) is 5.65 Å². The minimum Gasteiger partial charge on any atom is -0.339 e. The van der Waals surface area contributed by atoms with E-state index in [9.17, 15) is 0 Å². The standard InChI is InChI=1S/C12H8ClN3/c13-10-3-6-15-12-9(10)7-11(16-12)8-1-4-14-5-2-8/h1-7H,(H,15,16). The molecule has 0 spiro atoms. The van der Waals surface area contributed by atoms with Gasteiger partial charge in [-0.1, -0.05) is 11.6 Å². The van der Waals surface area contributed by atoms with Crippen LogP contribution in [0.2, 0.25) is 5.02 Å². The van der Waals surface area contributed by atoms with Gasteiger partial charge in [0.2, 0.25) is 0 Å². The van der Waals surface area contributed by atoms with Gasteiger partial charge in [-0.05, 0) is 24.3 Å². The molecule has 4 heteroatoms. The zero-order valence-electron chi connectivity index (χ0n) is 8.31. The Morgan fingerprint density at radius 1 is 1.06 bits per heavy atom. The Bertz CT molecular complexity index is 631. The summed E-state index contributed by atoms with van der Waals surface area (Å²) in [7, 11) is 0. The van der Waals surface area contributed by atoms with Gasteiger partial charge in [0.05, 0.1) is 5.02 Å². The highest BCUT2D eigenvalue weighted by Gasteiger charge is 2.06. The molecule has 1 N–H and O–H groups in total. The molecule has 0 aliphatic rings. The maximum atomic E-state index is 6.09. The van der Waals surface area contributed by atoms with Crippen LogP contribution in [0.3, 0.4) is 0 Å². The summed E-state index contributed by atoms with van der Waals surface area (Å²) >= 11 is 6.09. The van der Waals surface area contributed by atoms with Crippen LogP contribution in [0.5, 0.6) is 0 Å². The van der Waals surface area contributed by atoms with Gasteiger partial charge in [0.25, 0.3) is 0 Å². The summed E-state index contributed by atoms with van der Waals surface area (Å²) in [6.45, 7) is 0. The highest BCUT2D eigenvalue weighted by Crippen LogP contribution is 2.27. The van der Waals surface area contributed by atoms with Gasteiger partial charge in [-0.3, -0.25) is 4.98 Å². The van der Waals surface area contributed by atoms with Crippen molar-refractivity contribution >= 4 is 22.6 Å². The molecular weight excluding hydrogens is 222 g/mol. The molecule has 0 fully saturated rings. The van der Waals surface area contributed by atoms with Crippen molar-refractivity contribution in [2.45, 2.75) is 0 Å². The number of nitrogens with zero attached hydrogens (tertiary/aromatic N) is 2. The van der Waals surface area contributed by atoms with Gasteiger partial charge in [-0.25, -0.2) is 4.98 Å². The fraction of sp³-hybridized carbons (Fsp3) is 0. The number of rotatable bonds is 1. The predicted molar refractivity (Wildman–Crippen MR) is 64.3 cm³/mol. The van der Waals surface area contributed by atoms with E-state index in [1.807, 2.05) is 18.2 Å². The molecule has 16 heavy (non-hydrogen) atoms. The zero-order valence-corrected chi connectivity index (χ0v) is 9.07. The van der Waals surface area contributed by atoms with Crippen molar-refractivity contribution in [2.75, 3.05) is 0 Å². The van der Waals surface area contributed by atoms with E-state index in [1.165, 1.54) is 0 Å². The van der Waals surface area contributed by atoms with Crippen LogP contribution in [0.15, 0.2) is 42.9 Å². The lowest BCUT2D eigenvalue weighted by Crippen LogP contribution is -1.78. The highest BCUT2D eigenvalue weighted by atomic mass is 35.5. The summed E-state index contributed by atoms with van der Waals surface area (Å²) in [4.78, 5) is 11.4. The van der Waals surface area contributed by atoms with E-state index in [4.69, 9.17) is 11.6 Å². The topological polar surface area (TPSA) is 41.6 Å². The van der Waals surface area contributed by atoms with Crippen LogP contribution in [-0.4, -0.2) is 15.0 Å². The van der Waals surface area contributed by atoms with Gasteiger partial charge in [0.15, 0.2) is 0 Å². The number of nitrogens with one attached hydrogen (secondary N) is 1. The first-order valence-electron chi connectivity index (χ1n) is 4.88. The normalized spacial score (nSPS) is 10.8. The number of H-pyrrole nitrogens is 1. The monoisotopic (exact) mass is 229 g/mol. The third-order valence-electron chi connectivity index (χ3n) is 2.47. The zero-order chi connectivity index (χ0) is 11.0. The number of fused-ring (bicyclic) bond motifs is 1. The molecule has 0 amide bonds. The second-order valence-electron chi connectivity index (χ2n) is 3.47. The predicted octanol–water partition coefficient (Wildman–Crippen LogP) is 3.28. The highest BCUT2D eigenvalue weighted by molar-refractivity contribution is 6.35. The molecule has 0 saturated heterocycles. The molecule has 0 atom stereocenters. The Hall–Kier alpha value is -1.87. The maximum absolute atomic E-state index is 6.09. The van der Waals surface area contributed by atoms with E-state index in [1.54, 1.807) is 24.7 Å². The minimum absolute atomic E-state index is 0.710. The van der Waals surface area contributed by atoms with E-state index >= 15 is 0 Å². The quantitative estimate of drug-likeness (QED) is 0.696. The molecule has 3 nitrogen and oxygen atoms in total. The van der Waals surface area contributed by atoms with Gasteiger partial charge in [-0.2, -0.15) is 0 Å². The molecule has 0 unspecified atom stereocenters. The van der Waals surface area contributed by atoms with Crippen LogP contribution >= 0.6 is 11.6 Å². The Morgan fingerprint density at radius 3 is 2.62 bits per heavy atom. The summed E-state index contributed by atoms with van der Waals surface area (Å²) in [5.74, 6) is 0. The Balaban J connectivity index is 2.23. The fourth-order valence-corrected chi connectivity index (χ4v) is 1.88. The first-order chi connectivity index (χ1) is 7.84. The molecule has 0 aliphatic carbocycles. The molecule has 3 heterocycles. The first kappa shape index (κ1) is 9.36. The van der Waals surface area contributed by atoms with Crippen molar-refractivity contribution in [3.05, 3.63) is 47.9 Å². The van der Waals surface area contributed by atoms with E-state index in [0.717, 1.165) is 22.3 Å². The van der Waals surface area contributed by atoms with Gasteiger partial charge >= 0.3 is 0 Å². The van der Waals surface area contributed by atoms with Crippen molar-refractivity contribution in [1.82, 2.24) is 15.0 Å². The third kappa shape index (κ3) is 1.46. The van der Waals surface area contributed by atoms with Crippen LogP contribution in [-0.2, 0) is 0 Å². The van der Waals surface area contributed by atoms with Gasteiger partial charge < -0.3 is 4.98 Å². The molecule has 3 aromatic rings. The average molecular weight is 230 g/mol. The largest absolute Gasteiger partial charge is 0.339 e. The van der Waals surface area contributed by atoms with Crippen molar-refractivity contribution < 1.29 is 0 Å². The second kappa shape index (κ2) is 3.61. The summed E-state index contributed by atoms with van der Waals surface area (Å²) in [6.07, 6.45) is 5.21. The van der Waals surface area contributed by atoms with Crippen molar-refractivity contribution in [2.24, 2.45) is 0 Å². The summed E-state index contributed by atoms with van der Waals surface area (Å²) < 4.78 is 0. The Kier molecular flexibility index (Phi) is 2.11. The van der Waals surface area contributed by atoms with Crippen molar-refractivity contribution in [3.63, 3.8) is 0 Å². The molecule has 0 aliphatic heterocycles. The Labute approximate surface area is 97.1 Å². The minimum atomic E-state index is 0.710. The van der Waals surface area contributed by atoms with Crippen molar-refractivity contribution in [1.29, 1.82) is 0 Å². The van der Waals surface area contributed by atoms with E-state index in [2.05, 4.69) is 15.0 Å². The average Bonchev–Trinajstić information content (AvgIpc) is 2.76. The number of pyridine rings is 2. The van der Waals surface area contributed by atoms with Crippen LogP contribution in [0.1, 0.15) is 0 Å². The van der Waals surface area contributed by atoms with Crippen LogP contribution in [0, 0.1) is 0 Å². The molecule has 3 rings (SSSR count). The van der Waals surface area contributed by atoms with E-state index < -0.39 is 0 Å². The number of hydrogen-bond donors (Lipinski definition) is 1. The lowest BCUT2D eigenvalue weighted by Gasteiger charge is -1.94. The molecule has 3 aromatic heterocycles. The molecule has 0 radical (unpaired) electrons. The number of aromatic nitrogens is 3. The molecule has 0 bridgehead atoms. The van der Waals surface area contributed by atoms with Crippen molar-refractivity contribution in [3.8, 4) is 11.3 Å². The summed E-state index contributed by atoms with van der Waals surface area (Å²) in [6, 6.07) is 7.67. The van der Waals surface area contributed by atoms with Crippen LogP contribution in [0.4, 0.5) is 0 Å². The number of aromatic amines is 1. The van der Waals surface area contributed by atoms with Gasteiger partial charge in [0, 0.05) is 35.2 Å². The lowest BCUT2D eigenvalue weighted by molar-refractivity contribution is 1.30. The third-order valence-corrected chi connectivity index (χ3v) is 2.80. The van der Waals surface area contributed by atoms with Crippen LogP contribution < -0.4 is 0 Å². The Morgan fingerprint density at radius 2 is 1.88 bits per heavy atom.